The van der Waals surface area contributed by atoms with Crippen LogP contribution in [0.4, 0.5) is 5.95 Å². The molecule has 2 aromatic heterocycles. The van der Waals surface area contributed by atoms with E-state index in [1.165, 1.54) is 0 Å². The Kier molecular flexibility index (Phi) is 3.83. The first kappa shape index (κ1) is 13.9. The van der Waals surface area contributed by atoms with Crippen molar-refractivity contribution in [1.82, 2.24) is 19.3 Å². The van der Waals surface area contributed by atoms with Crippen LogP contribution in [0.1, 0.15) is 52.3 Å². The van der Waals surface area contributed by atoms with Crippen molar-refractivity contribution in [3.05, 3.63) is 5.69 Å². The first-order valence-corrected chi connectivity index (χ1v) is 7.20. The third kappa shape index (κ3) is 2.22. The fourth-order valence-corrected chi connectivity index (χ4v) is 2.90. The number of hydrogen-bond donors (Lipinski definition) is 1. The number of hydrogen-bond acceptors (Lipinski definition) is 3. The van der Waals surface area contributed by atoms with Crippen molar-refractivity contribution in [2.24, 2.45) is 13.0 Å². The quantitative estimate of drug-likeness (QED) is 0.902. The minimum atomic E-state index is 0.370. The second-order valence-electron chi connectivity index (χ2n) is 5.55. The van der Waals surface area contributed by atoms with E-state index in [0.29, 0.717) is 17.9 Å². The molecule has 106 valence electrons. The van der Waals surface area contributed by atoms with Gasteiger partial charge in [-0.2, -0.15) is 5.10 Å². The van der Waals surface area contributed by atoms with Gasteiger partial charge in [0.2, 0.25) is 5.95 Å². The highest BCUT2D eigenvalue weighted by Crippen LogP contribution is 2.31. The Morgan fingerprint density at radius 3 is 2.47 bits per heavy atom. The molecule has 2 N–H and O–H groups in total. The summed E-state index contributed by atoms with van der Waals surface area (Å²) >= 11 is 0. The Balaban J connectivity index is 2.64. The van der Waals surface area contributed by atoms with Crippen molar-refractivity contribution in [3.8, 4) is 0 Å². The van der Waals surface area contributed by atoms with Gasteiger partial charge in [-0.25, -0.2) is 4.98 Å². The Hall–Kier alpha value is -1.52. The number of fused-ring (bicyclic) bond motifs is 1. The normalized spacial score (nSPS) is 13.6. The van der Waals surface area contributed by atoms with Crippen LogP contribution in [0.15, 0.2) is 0 Å². The monoisotopic (exact) mass is 263 g/mol. The van der Waals surface area contributed by atoms with Crippen molar-refractivity contribution in [2.75, 3.05) is 5.73 Å². The fraction of sp³-hybridized carbons (Fsp3) is 0.714. The van der Waals surface area contributed by atoms with E-state index in [1.54, 1.807) is 0 Å². The zero-order valence-corrected chi connectivity index (χ0v) is 12.6. The molecule has 19 heavy (non-hydrogen) atoms. The number of aryl methyl sites for hydroxylation is 2. The van der Waals surface area contributed by atoms with E-state index < -0.39 is 0 Å². The Bertz CT molecular complexity index is 564. The molecule has 0 amide bonds. The van der Waals surface area contributed by atoms with E-state index >= 15 is 0 Å². The summed E-state index contributed by atoms with van der Waals surface area (Å²) < 4.78 is 4.08. The molecule has 2 aromatic rings. The number of nitrogens with two attached hydrogens (primary N) is 1. The molecule has 1 unspecified atom stereocenters. The van der Waals surface area contributed by atoms with Crippen molar-refractivity contribution in [1.29, 1.82) is 0 Å². The van der Waals surface area contributed by atoms with Crippen LogP contribution < -0.4 is 5.73 Å². The van der Waals surface area contributed by atoms with E-state index in [9.17, 15) is 0 Å². The van der Waals surface area contributed by atoms with Crippen molar-refractivity contribution in [2.45, 2.75) is 53.0 Å². The minimum absolute atomic E-state index is 0.370. The first-order valence-electron chi connectivity index (χ1n) is 7.20. The van der Waals surface area contributed by atoms with Gasteiger partial charge < -0.3 is 5.73 Å². The summed E-state index contributed by atoms with van der Waals surface area (Å²) in [5.41, 5.74) is 9.25. The molecule has 0 bridgehead atoms. The number of nitrogen functional groups attached to an aromatic ring is 1. The number of imidazole rings is 1. The summed E-state index contributed by atoms with van der Waals surface area (Å²) in [4.78, 5) is 4.56. The predicted octanol–water partition coefficient (Wildman–Crippen LogP) is 2.91. The molecule has 0 aromatic carbocycles. The maximum absolute atomic E-state index is 6.16. The standard InChI is InChI=1S/C14H25N5/c1-6-8-10-12-13(18(5)17-10)19(14(15)16-12)11(7-2)9(3)4/h9,11H,6-8H2,1-5H3,(H2,15,16). The lowest BCUT2D eigenvalue weighted by atomic mass is 10.0. The predicted molar refractivity (Wildman–Crippen MR) is 79.1 cm³/mol. The second kappa shape index (κ2) is 5.23. The van der Waals surface area contributed by atoms with Crippen LogP contribution in [-0.2, 0) is 13.5 Å². The van der Waals surface area contributed by atoms with Crippen molar-refractivity contribution in [3.63, 3.8) is 0 Å². The summed E-state index contributed by atoms with van der Waals surface area (Å²) in [7, 11) is 1.98. The Morgan fingerprint density at radius 1 is 1.26 bits per heavy atom. The lowest BCUT2D eigenvalue weighted by Crippen LogP contribution is -2.18. The van der Waals surface area contributed by atoms with Crippen LogP contribution in [0.5, 0.6) is 0 Å². The highest BCUT2D eigenvalue weighted by atomic mass is 15.4. The molecule has 0 fully saturated rings. The molecule has 5 heteroatoms. The van der Waals surface area contributed by atoms with Crippen molar-refractivity contribution >= 4 is 17.1 Å². The Labute approximate surface area is 114 Å². The van der Waals surface area contributed by atoms with Gasteiger partial charge in [0.1, 0.15) is 5.52 Å². The van der Waals surface area contributed by atoms with Gasteiger partial charge in [0.25, 0.3) is 0 Å². The smallest absolute Gasteiger partial charge is 0.202 e. The highest BCUT2D eigenvalue weighted by Gasteiger charge is 2.23. The van der Waals surface area contributed by atoms with Gasteiger partial charge >= 0.3 is 0 Å². The van der Waals surface area contributed by atoms with Crippen LogP contribution in [0, 0.1) is 5.92 Å². The van der Waals surface area contributed by atoms with Gasteiger partial charge in [-0.3, -0.25) is 9.25 Å². The second-order valence-corrected chi connectivity index (χ2v) is 5.55. The first-order chi connectivity index (χ1) is 9.01. The van der Waals surface area contributed by atoms with E-state index in [4.69, 9.17) is 5.73 Å². The lowest BCUT2D eigenvalue weighted by Gasteiger charge is -2.22. The number of rotatable bonds is 5. The zero-order chi connectivity index (χ0) is 14.2. The molecule has 5 nitrogen and oxygen atoms in total. The molecule has 0 spiro atoms. The highest BCUT2D eigenvalue weighted by molar-refractivity contribution is 5.78. The average molecular weight is 263 g/mol. The molecule has 0 aliphatic rings. The molecule has 2 rings (SSSR count). The number of aromatic nitrogens is 4. The van der Waals surface area contributed by atoms with Crippen LogP contribution in [0.2, 0.25) is 0 Å². The van der Waals surface area contributed by atoms with Gasteiger partial charge in [0.15, 0.2) is 5.65 Å². The maximum Gasteiger partial charge on any atom is 0.202 e. The van der Waals surface area contributed by atoms with Crippen LogP contribution in [0.3, 0.4) is 0 Å². The third-order valence-corrected chi connectivity index (χ3v) is 3.77. The number of nitrogens with zero attached hydrogens (tertiary/aromatic N) is 4. The summed E-state index contributed by atoms with van der Waals surface area (Å²) in [6, 6.07) is 0.370. The van der Waals surface area contributed by atoms with Gasteiger partial charge in [-0.1, -0.05) is 34.1 Å². The van der Waals surface area contributed by atoms with Gasteiger partial charge in [-0.15, -0.1) is 0 Å². The third-order valence-electron chi connectivity index (χ3n) is 3.77. The molecular formula is C14H25N5. The van der Waals surface area contributed by atoms with E-state index in [-0.39, 0.29) is 0 Å². The number of anilines is 1. The van der Waals surface area contributed by atoms with Crippen LogP contribution >= 0.6 is 0 Å². The molecule has 0 saturated carbocycles. The lowest BCUT2D eigenvalue weighted by molar-refractivity contribution is 0.373. The molecule has 0 aliphatic carbocycles. The van der Waals surface area contributed by atoms with Crippen LogP contribution in [0.25, 0.3) is 11.2 Å². The summed E-state index contributed by atoms with van der Waals surface area (Å²) in [5, 5.41) is 4.60. The summed E-state index contributed by atoms with van der Waals surface area (Å²) in [5.74, 6) is 1.13. The largest absolute Gasteiger partial charge is 0.369 e. The SMILES string of the molecule is CCCc1nn(C)c2c1nc(N)n2C(CC)C(C)C. The molecule has 0 aliphatic heterocycles. The molecule has 1 atom stereocenters. The zero-order valence-electron chi connectivity index (χ0n) is 12.6. The fourth-order valence-electron chi connectivity index (χ4n) is 2.90. The van der Waals surface area contributed by atoms with Crippen molar-refractivity contribution < 1.29 is 0 Å². The van der Waals surface area contributed by atoms with E-state index in [2.05, 4.69) is 42.3 Å². The van der Waals surface area contributed by atoms with Crippen LogP contribution in [-0.4, -0.2) is 19.3 Å². The van der Waals surface area contributed by atoms with Gasteiger partial charge in [0, 0.05) is 13.1 Å². The molecule has 0 saturated heterocycles. The molecular weight excluding hydrogens is 238 g/mol. The van der Waals surface area contributed by atoms with Gasteiger partial charge in [0.05, 0.1) is 5.69 Å². The van der Waals surface area contributed by atoms with E-state index in [1.807, 2.05) is 11.7 Å². The molecule has 0 radical (unpaired) electrons. The molecule has 2 heterocycles. The van der Waals surface area contributed by atoms with E-state index in [0.717, 1.165) is 36.1 Å². The summed E-state index contributed by atoms with van der Waals surface area (Å²) in [6.07, 6.45) is 3.06. The maximum atomic E-state index is 6.16. The average Bonchev–Trinajstić information content (AvgIpc) is 2.81. The Morgan fingerprint density at radius 2 is 1.95 bits per heavy atom. The minimum Gasteiger partial charge on any atom is -0.369 e. The van der Waals surface area contributed by atoms with Gasteiger partial charge in [-0.05, 0) is 18.8 Å². The topological polar surface area (TPSA) is 61.7 Å². The summed E-state index contributed by atoms with van der Waals surface area (Å²) in [6.45, 7) is 8.80.